The molecule has 0 spiro atoms. The second kappa shape index (κ2) is 37.7. The molecule has 0 rings (SSSR count). The summed E-state index contributed by atoms with van der Waals surface area (Å²) in [6, 6.07) is 0. The summed E-state index contributed by atoms with van der Waals surface area (Å²) in [5, 5.41) is 0. The Labute approximate surface area is 296 Å². The number of rotatable bonds is 36. The van der Waals surface area contributed by atoms with E-state index in [0.717, 1.165) is 38.5 Å². The lowest BCUT2D eigenvalue weighted by Gasteiger charge is -2.15. The molecule has 0 aliphatic heterocycles. The quantitative estimate of drug-likeness (QED) is 0.0271. The Morgan fingerprint density at radius 1 is 0.370 bits per heavy atom. The maximum atomic E-state index is 12.4. The first-order chi connectivity index (χ1) is 22.5. The van der Waals surface area contributed by atoms with Gasteiger partial charge in [-0.05, 0) is 19.3 Å². The van der Waals surface area contributed by atoms with Crippen molar-refractivity contribution in [3.05, 3.63) is 0 Å². The zero-order chi connectivity index (χ0) is 33.8. The summed E-state index contributed by atoms with van der Waals surface area (Å²) >= 11 is 4.44. The van der Waals surface area contributed by atoms with Crippen molar-refractivity contribution in [1.29, 1.82) is 0 Å². The van der Waals surface area contributed by atoms with Gasteiger partial charge in [0, 0.05) is 0 Å². The molecule has 0 N–H and O–H groups in total. The second-order valence-electron chi connectivity index (χ2n) is 12.1. The number of hydrogen-bond acceptors (Lipinski definition) is 9. The lowest BCUT2D eigenvalue weighted by atomic mass is 10.1. The summed E-state index contributed by atoms with van der Waals surface area (Å²) in [5.74, 6) is -0.000684. The molecular formula is C36H69O6PS3. The van der Waals surface area contributed by atoms with E-state index in [2.05, 4.69) is 20.8 Å². The van der Waals surface area contributed by atoms with Crippen LogP contribution in [0.15, 0.2) is 0 Å². The van der Waals surface area contributed by atoms with Crippen LogP contribution in [-0.2, 0) is 28.6 Å². The summed E-state index contributed by atoms with van der Waals surface area (Å²) < 4.78 is 16.4. The highest BCUT2D eigenvalue weighted by Gasteiger charge is 2.19. The minimum absolute atomic E-state index is 0.226. The highest BCUT2D eigenvalue weighted by atomic mass is 33.4. The van der Waals surface area contributed by atoms with E-state index in [1.54, 1.807) is 0 Å². The molecule has 0 saturated carbocycles. The van der Waals surface area contributed by atoms with E-state index in [4.69, 9.17) is 14.2 Å². The molecule has 0 atom stereocenters. The standard InChI is InChI=1S/C36H69O6PS3/c1-4-7-10-13-16-19-22-25-28-40-34(37)31-44-43(45-32-35(38)41-29-26-23-20-17-14-11-8-5-2)46-33-36(39)42-30-27-24-21-18-15-12-9-6-3/h4-33H2,1-3H3. The van der Waals surface area contributed by atoms with Crippen LogP contribution in [0.5, 0.6) is 0 Å². The monoisotopic (exact) mass is 724 g/mol. The van der Waals surface area contributed by atoms with E-state index in [1.165, 1.54) is 150 Å². The lowest BCUT2D eigenvalue weighted by molar-refractivity contribution is -0.141. The van der Waals surface area contributed by atoms with E-state index in [0.29, 0.717) is 19.8 Å². The van der Waals surface area contributed by atoms with Crippen molar-refractivity contribution in [2.24, 2.45) is 0 Å². The molecule has 0 radical (unpaired) electrons. The fourth-order valence-corrected chi connectivity index (χ4v) is 13.4. The van der Waals surface area contributed by atoms with Crippen LogP contribution in [0.1, 0.15) is 175 Å². The van der Waals surface area contributed by atoms with Crippen molar-refractivity contribution in [3.63, 3.8) is 0 Å². The zero-order valence-corrected chi connectivity index (χ0v) is 33.2. The smallest absolute Gasteiger partial charge is 0.316 e. The van der Waals surface area contributed by atoms with Gasteiger partial charge in [0.2, 0.25) is 0 Å². The molecule has 0 aliphatic carbocycles. The third-order valence-electron chi connectivity index (χ3n) is 7.65. The van der Waals surface area contributed by atoms with Crippen molar-refractivity contribution < 1.29 is 28.6 Å². The lowest BCUT2D eigenvalue weighted by Crippen LogP contribution is -2.10. The van der Waals surface area contributed by atoms with Gasteiger partial charge in [0.1, 0.15) is 0 Å². The molecule has 272 valence electrons. The van der Waals surface area contributed by atoms with Gasteiger partial charge in [0.15, 0.2) is 0 Å². The first-order valence-corrected chi connectivity index (χ1v) is 24.8. The minimum atomic E-state index is -0.907. The van der Waals surface area contributed by atoms with Crippen LogP contribution >= 0.6 is 39.7 Å². The van der Waals surface area contributed by atoms with Crippen molar-refractivity contribution in [1.82, 2.24) is 0 Å². The molecule has 0 fully saturated rings. The maximum Gasteiger partial charge on any atom is 0.316 e. The Kier molecular flexibility index (Phi) is 37.6. The average molecular weight is 725 g/mol. The van der Waals surface area contributed by atoms with E-state index >= 15 is 0 Å². The van der Waals surface area contributed by atoms with Gasteiger partial charge in [-0.2, -0.15) is 0 Å². The first kappa shape index (κ1) is 45.9. The van der Waals surface area contributed by atoms with Gasteiger partial charge in [-0.1, -0.05) is 156 Å². The fraction of sp³-hybridized carbons (Fsp3) is 0.917. The number of esters is 3. The van der Waals surface area contributed by atoms with Crippen LogP contribution in [0, 0.1) is 0 Å². The van der Waals surface area contributed by atoms with Gasteiger partial charge < -0.3 is 14.2 Å². The number of carbonyl (C=O) groups is 3. The average Bonchev–Trinajstić information content (AvgIpc) is 3.05. The molecular weight excluding hydrogens is 656 g/mol. The Morgan fingerprint density at radius 2 is 0.587 bits per heavy atom. The fourth-order valence-electron chi connectivity index (χ4n) is 4.82. The van der Waals surface area contributed by atoms with Gasteiger partial charge in [-0.15, -0.1) is 34.1 Å². The SMILES string of the molecule is CCCCCCCCCCOC(=O)CSP(SCC(=O)OCCCCCCCCCC)SCC(=O)OCCCCCCCCCC. The number of ether oxygens (including phenoxy) is 3. The summed E-state index contributed by atoms with van der Waals surface area (Å²) in [6.45, 7) is 8.07. The van der Waals surface area contributed by atoms with Gasteiger partial charge >= 0.3 is 17.9 Å². The Bertz CT molecular complexity index is 610. The summed E-state index contributed by atoms with van der Waals surface area (Å²) in [4.78, 5) is 37.2. The van der Waals surface area contributed by atoms with Crippen molar-refractivity contribution in [3.8, 4) is 0 Å². The molecule has 0 bridgehead atoms. The second-order valence-corrected chi connectivity index (χ2v) is 21.9. The Balaban J connectivity index is 4.33. The van der Waals surface area contributed by atoms with Crippen LogP contribution in [0.4, 0.5) is 0 Å². The Morgan fingerprint density at radius 3 is 0.826 bits per heavy atom. The third kappa shape index (κ3) is 35.2. The Hall–Kier alpha value is -0.110. The topological polar surface area (TPSA) is 78.9 Å². The predicted octanol–water partition coefficient (Wildman–Crippen LogP) is 12.5. The third-order valence-corrected chi connectivity index (χ3v) is 18.1. The normalized spacial score (nSPS) is 11.2. The minimum Gasteiger partial charge on any atom is -0.465 e. The molecule has 0 amide bonds. The van der Waals surface area contributed by atoms with E-state index in [-0.39, 0.29) is 35.2 Å². The molecule has 0 aromatic rings. The largest absolute Gasteiger partial charge is 0.465 e. The van der Waals surface area contributed by atoms with Gasteiger partial charge in [0.05, 0.1) is 42.6 Å². The van der Waals surface area contributed by atoms with E-state index < -0.39 is 5.53 Å². The van der Waals surface area contributed by atoms with Crippen LogP contribution < -0.4 is 0 Å². The molecule has 6 nitrogen and oxygen atoms in total. The van der Waals surface area contributed by atoms with E-state index in [1.807, 2.05) is 0 Å². The van der Waals surface area contributed by atoms with Crippen molar-refractivity contribution in [2.45, 2.75) is 175 Å². The summed E-state index contributed by atoms with van der Waals surface area (Å²) in [5.41, 5.74) is -0.907. The number of unbranched alkanes of at least 4 members (excludes halogenated alkanes) is 21. The maximum absolute atomic E-state index is 12.4. The molecule has 0 aliphatic rings. The molecule has 46 heavy (non-hydrogen) atoms. The van der Waals surface area contributed by atoms with Crippen LogP contribution in [-0.4, -0.2) is 55.0 Å². The zero-order valence-electron chi connectivity index (χ0n) is 29.8. The summed E-state index contributed by atoms with van der Waals surface area (Å²) in [6.07, 6.45) is 28.9. The van der Waals surface area contributed by atoms with Crippen LogP contribution in [0.2, 0.25) is 0 Å². The summed E-state index contributed by atoms with van der Waals surface area (Å²) in [7, 11) is 0. The predicted molar refractivity (Wildman–Crippen MR) is 205 cm³/mol. The highest BCUT2D eigenvalue weighted by Crippen LogP contribution is 2.70. The highest BCUT2D eigenvalue weighted by molar-refractivity contribution is 9.12. The van der Waals surface area contributed by atoms with E-state index in [9.17, 15) is 14.4 Å². The molecule has 0 heterocycles. The van der Waals surface area contributed by atoms with Gasteiger partial charge in [-0.3, -0.25) is 14.4 Å². The van der Waals surface area contributed by atoms with Gasteiger partial charge in [-0.25, -0.2) is 0 Å². The van der Waals surface area contributed by atoms with Crippen molar-refractivity contribution in [2.75, 3.05) is 37.1 Å². The molecule has 0 saturated heterocycles. The van der Waals surface area contributed by atoms with Crippen LogP contribution in [0.3, 0.4) is 0 Å². The van der Waals surface area contributed by atoms with Gasteiger partial charge in [0.25, 0.3) is 0 Å². The van der Waals surface area contributed by atoms with Crippen LogP contribution in [0.25, 0.3) is 0 Å². The molecule has 0 aromatic carbocycles. The van der Waals surface area contributed by atoms with Crippen molar-refractivity contribution >= 4 is 57.6 Å². The molecule has 0 aromatic heterocycles. The first-order valence-electron chi connectivity index (χ1n) is 18.7. The molecule has 0 unspecified atom stereocenters. The molecule has 10 heteroatoms. The number of carbonyl (C=O) groups excluding carboxylic acids is 3. The number of hydrogen-bond donors (Lipinski definition) is 0.